The summed E-state index contributed by atoms with van der Waals surface area (Å²) >= 11 is 2.21. The third-order valence-corrected chi connectivity index (χ3v) is 4.27. The van der Waals surface area contributed by atoms with E-state index in [1.807, 2.05) is 0 Å². The van der Waals surface area contributed by atoms with Crippen LogP contribution in [0.15, 0.2) is 30.3 Å². The van der Waals surface area contributed by atoms with E-state index < -0.39 is 12.2 Å². The van der Waals surface area contributed by atoms with Crippen LogP contribution >= 0.6 is 22.9 Å². The van der Waals surface area contributed by atoms with Gasteiger partial charge >= 0.3 is 6.18 Å². The second kappa shape index (κ2) is 6.41. The fourth-order valence-electron chi connectivity index (χ4n) is 2.28. The Labute approximate surface area is 124 Å². The van der Waals surface area contributed by atoms with E-state index in [4.69, 9.17) is 0 Å². The number of nitrogens with zero attached hydrogens (tertiary/aromatic N) is 1. The SMILES string of the molecule is FC(F)(F)C(NC1CCN(I)CC1)c1ccccc1. The first-order valence-corrected chi connectivity index (χ1v) is 7.22. The molecule has 1 heterocycles. The van der Waals surface area contributed by atoms with Crippen molar-refractivity contribution in [3.05, 3.63) is 35.9 Å². The Morgan fingerprint density at radius 2 is 1.74 bits per heavy atom. The number of rotatable bonds is 3. The van der Waals surface area contributed by atoms with Gasteiger partial charge in [-0.1, -0.05) is 30.3 Å². The fraction of sp³-hybridized carbons (Fsp3) is 0.538. The zero-order chi connectivity index (χ0) is 13.9. The van der Waals surface area contributed by atoms with Crippen molar-refractivity contribution in [3.8, 4) is 0 Å². The molecular formula is C13H16F3IN2. The third kappa shape index (κ3) is 4.32. The van der Waals surface area contributed by atoms with E-state index in [0.29, 0.717) is 0 Å². The fourth-order valence-corrected chi connectivity index (χ4v) is 2.83. The van der Waals surface area contributed by atoms with Crippen LogP contribution in [0.5, 0.6) is 0 Å². The third-order valence-electron chi connectivity index (χ3n) is 3.30. The minimum absolute atomic E-state index is 0.0714. The van der Waals surface area contributed by atoms with Gasteiger partial charge in [-0.3, -0.25) is 5.32 Å². The van der Waals surface area contributed by atoms with Crippen molar-refractivity contribution < 1.29 is 13.2 Å². The smallest absolute Gasteiger partial charge is 0.300 e. The number of hydrogen-bond donors (Lipinski definition) is 1. The molecule has 0 spiro atoms. The van der Waals surface area contributed by atoms with Crippen molar-refractivity contribution in [3.63, 3.8) is 0 Å². The van der Waals surface area contributed by atoms with Crippen molar-refractivity contribution in [2.75, 3.05) is 13.1 Å². The van der Waals surface area contributed by atoms with Crippen LogP contribution in [0.2, 0.25) is 0 Å². The maximum Gasteiger partial charge on any atom is 0.407 e. The van der Waals surface area contributed by atoms with E-state index in [2.05, 4.69) is 31.3 Å². The highest BCUT2D eigenvalue weighted by molar-refractivity contribution is 14.1. The Hall–Kier alpha value is -0.340. The predicted molar refractivity (Wildman–Crippen MR) is 77.0 cm³/mol. The summed E-state index contributed by atoms with van der Waals surface area (Å²) in [6.07, 6.45) is -2.76. The van der Waals surface area contributed by atoms with Gasteiger partial charge in [0.05, 0.1) is 0 Å². The Morgan fingerprint density at radius 1 is 1.16 bits per heavy atom. The normalized spacial score (nSPS) is 20.4. The summed E-state index contributed by atoms with van der Waals surface area (Å²) in [6, 6.07) is 6.42. The molecule has 1 fully saturated rings. The molecule has 1 aromatic rings. The van der Waals surface area contributed by atoms with Crippen LogP contribution in [0.4, 0.5) is 13.2 Å². The standard InChI is InChI=1S/C13H16F3IN2/c14-13(15,16)12(10-4-2-1-3-5-10)18-11-6-8-19(17)9-7-11/h1-5,11-12,18H,6-9H2. The van der Waals surface area contributed by atoms with Gasteiger partial charge in [-0.15, -0.1) is 0 Å². The quantitative estimate of drug-likeness (QED) is 0.632. The molecule has 1 aliphatic rings. The van der Waals surface area contributed by atoms with Crippen LogP contribution in [0, 0.1) is 0 Å². The molecule has 6 heteroatoms. The molecule has 1 aromatic carbocycles. The average molecular weight is 384 g/mol. The van der Waals surface area contributed by atoms with Crippen LogP contribution in [0.25, 0.3) is 0 Å². The molecule has 0 aliphatic carbocycles. The van der Waals surface area contributed by atoms with E-state index in [9.17, 15) is 13.2 Å². The Bertz CT molecular complexity index is 389. The molecule has 1 atom stereocenters. The Kier molecular flexibility index (Phi) is 5.08. The van der Waals surface area contributed by atoms with Gasteiger partial charge in [0.25, 0.3) is 0 Å². The molecule has 1 saturated heterocycles. The second-order valence-electron chi connectivity index (χ2n) is 4.74. The number of hydrogen-bond acceptors (Lipinski definition) is 2. The average Bonchev–Trinajstić information content (AvgIpc) is 2.37. The van der Waals surface area contributed by atoms with Gasteiger partial charge in [-0.05, 0) is 18.4 Å². The highest BCUT2D eigenvalue weighted by Crippen LogP contribution is 2.33. The predicted octanol–water partition coefficient (Wildman–Crippen LogP) is 3.69. The van der Waals surface area contributed by atoms with E-state index in [0.717, 1.165) is 25.9 Å². The van der Waals surface area contributed by atoms with E-state index in [1.165, 1.54) is 12.1 Å². The van der Waals surface area contributed by atoms with Gasteiger partial charge in [-0.25, -0.2) is 3.11 Å². The highest BCUT2D eigenvalue weighted by Gasteiger charge is 2.41. The van der Waals surface area contributed by atoms with Gasteiger partial charge in [0.2, 0.25) is 0 Å². The lowest BCUT2D eigenvalue weighted by molar-refractivity contribution is -0.160. The number of benzene rings is 1. The molecule has 1 aliphatic heterocycles. The van der Waals surface area contributed by atoms with Crippen LogP contribution in [-0.4, -0.2) is 28.4 Å². The molecule has 0 aromatic heterocycles. The van der Waals surface area contributed by atoms with Crippen LogP contribution in [0.1, 0.15) is 24.4 Å². The summed E-state index contributed by atoms with van der Waals surface area (Å²) in [5.41, 5.74) is 0.284. The first-order chi connectivity index (χ1) is 8.97. The van der Waals surface area contributed by atoms with Crippen LogP contribution in [-0.2, 0) is 0 Å². The topological polar surface area (TPSA) is 15.3 Å². The molecular weight excluding hydrogens is 368 g/mol. The lowest BCUT2D eigenvalue weighted by Gasteiger charge is -2.32. The molecule has 0 bridgehead atoms. The molecule has 0 amide bonds. The van der Waals surface area contributed by atoms with Gasteiger partial charge in [0.1, 0.15) is 6.04 Å². The van der Waals surface area contributed by atoms with Gasteiger partial charge in [-0.2, -0.15) is 13.2 Å². The summed E-state index contributed by atoms with van der Waals surface area (Å²) in [4.78, 5) is 0. The van der Waals surface area contributed by atoms with E-state index in [-0.39, 0.29) is 11.6 Å². The minimum atomic E-state index is -4.26. The van der Waals surface area contributed by atoms with Crippen molar-refractivity contribution in [2.45, 2.75) is 31.1 Å². The summed E-state index contributed by atoms with van der Waals surface area (Å²) in [7, 11) is 0. The minimum Gasteiger partial charge on any atom is -0.300 e. The summed E-state index contributed by atoms with van der Waals surface area (Å²) < 4.78 is 41.6. The molecule has 19 heavy (non-hydrogen) atoms. The summed E-state index contributed by atoms with van der Waals surface area (Å²) in [6.45, 7) is 1.66. The van der Waals surface area contributed by atoms with Gasteiger partial charge < -0.3 is 0 Å². The van der Waals surface area contributed by atoms with Crippen LogP contribution in [0.3, 0.4) is 0 Å². The first-order valence-electron chi connectivity index (χ1n) is 6.25. The summed E-state index contributed by atoms with van der Waals surface area (Å²) in [5, 5.41) is 2.78. The Balaban J connectivity index is 2.07. The maximum atomic E-state index is 13.2. The van der Waals surface area contributed by atoms with Gasteiger partial charge in [0.15, 0.2) is 0 Å². The van der Waals surface area contributed by atoms with Crippen molar-refractivity contribution >= 4 is 22.9 Å². The molecule has 1 unspecified atom stereocenters. The van der Waals surface area contributed by atoms with Gasteiger partial charge in [0, 0.05) is 42.0 Å². The molecule has 0 saturated carbocycles. The molecule has 2 nitrogen and oxygen atoms in total. The van der Waals surface area contributed by atoms with E-state index in [1.54, 1.807) is 18.2 Å². The highest BCUT2D eigenvalue weighted by atomic mass is 127. The number of halogens is 4. The Morgan fingerprint density at radius 3 is 2.26 bits per heavy atom. The zero-order valence-electron chi connectivity index (χ0n) is 10.3. The molecule has 1 N–H and O–H groups in total. The van der Waals surface area contributed by atoms with E-state index >= 15 is 0 Å². The molecule has 106 valence electrons. The number of alkyl halides is 3. The monoisotopic (exact) mass is 384 g/mol. The lowest BCUT2D eigenvalue weighted by atomic mass is 10.0. The first kappa shape index (κ1) is 15.1. The number of nitrogens with one attached hydrogen (secondary N) is 1. The van der Waals surface area contributed by atoms with Crippen LogP contribution < -0.4 is 5.32 Å². The van der Waals surface area contributed by atoms with Crippen molar-refractivity contribution in [1.29, 1.82) is 0 Å². The molecule has 2 rings (SSSR count). The zero-order valence-corrected chi connectivity index (χ0v) is 12.5. The summed E-state index contributed by atoms with van der Waals surface area (Å²) in [5.74, 6) is 0. The lowest BCUT2D eigenvalue weighted by Crippen LogP contribution is -2.45. The largest absolute Gasteiger partial charge is 0.407 e. The van der Waals surface area contributed by atoms with Crippen molar-refractivity contribution in [2.24, 2.45) is 0 Å². The van der Waals surface area contributed by atoms with Crippen molar-refractivity contribution in [1.82, 2.24) is 8.43 Å². The molecule has 0 radical (unpaired) electrons. The maximum absolute atomic E-state index is 13.2. The number of piperidine rings is 1. The second-order valence-corrected chi connectivity index (χ2v) is 6.10.